The van der Waals surface area contributed by atoms with Gasteiger partial charge in [-0.25, -0.2) is 4.68 Å². The Kier molecular flexibility index (Phi) is 5.39. The van der Waals surface area contributed by atoms with Crippen LogP contribution in [0.15, 0.2) is 81.7 Å². The van der Waals surface area contributed by atoms with Crippen LogP contribution >= 0.6 is 11.3 Å². The molecule has 0 radical (unpaired) electrons. The van der Waals surface area contributed by atoms with Crippen LogP contribution in [0.5, 0.6) is 0 Å². The summed E-state index contributed by atoms with van der Waals surface area (Å²) in [5.74, 6) is -0.201. The lowest BCUT2D eigenvalue weighted by Gasteiger charge is -2.18. The maximum atomic E-state index is 12.6. The minimum Gasteiger partial charge on any atom is -0.344 e. The number of rotatable bonds is 6. The lowest BCUT2D eigenvalue weighted by atomic mass is 10.1. The fourth-order valence-corrected chi connectivity index (χ4v) is 4.07. The molecule has 0 saturated carbocycles. The molecule has 1 amide bonds. The van der Waals surface area contributed by atoms with E-state index in [4.69, 9.17) is 0 Å². The molecule has 7 heteroatoms. The second-order valence-electron chi connectivity index (χ2n) is 6.62. The predicted octanol–water partition coefficient (Wildman–Crippen LogP) is 3.05. The molecule has 6 nitrogen and oxygen atoms in total. The number of thiophene rings is 1. The van der Waals surface area contributed by atoms with E-state index in [2.05, 4.69) is 10.4 Å². The third kappa shape index (κ3) is 4.05. The normalized spacial score (nSPS) is 12.0. The van der Waals surface area contributed by atoms with Crippen LogP contribution in [0.3, 0.4) is 0 Å². The molecule has 2 N–H and O–H groups in total. The fraction of sp³-hybridized carbons (Fsp3) is 0.136. The van der Waals surface area contributed by atoms with E-state index in [9.17, 15) is 14.4 Å². The second kappa shape index (κ2) is 8.28. The molecule has 2 aromatic carbocycles. The summed E-state index contributed by atoms with van der Waals surface area (Å²) < 4.78 is 1.20. The summed E-state index contributed by atoms with van der Waals surface area (Å²) in [5.41, 5.74) is 0.326. The number of fused-ring (bicyclic) bond motifs is 1. The average molecular weight is 405 g/mol. The number of aryl methyl sites for hydroxylation is 1. The van der Waals surface area contributed by atoms with E-state index in [1.54, 1.807) is 35.6 Å². The highest BCUT2D eigenvalue weighted by Gasteiger charge is 2.18. The standard InChI is InChI=1S/C22H19N3O3S/c26-19(23-20(18-11-6-14-29-18)15-7-2-1-3-8-15)12-13-25-22(28)17-10-5-4-9-16(17)21(27)24-25/h1-11,14,20H,12-13H2,(H,23,26)(H,24,27). The molecule has 0 aliphatic heterocycles. The Labute approximate surface area is 170 Å². The quantitative estimate of drug-likeness (QED) is 0.517. The lowest BCUT2D eigenvalue weighted by Crippen LogP contribution is -2.33. The van der Waals surface area contributed by atoms with Crippen molar-refractivity contribution in [2.75, 3.05) is 0 Å². The first-order valence-corrected chi connectivity index (χ1v) is 10.1. The highest BCUT2D eigenvalue weighted by molar-refractivity contribution is 7.10. The summed E-state index contributed by atoms with van der Waals surface area (Å²) in [4.78, 5) is 38.5. The van der Waals surface area contributed by atoms with Crippen molar-refractivity contribution in [2.24, 2.45) is 0 Å². The van der Waals surface area contributed by atoms with Crippen LogP contribution in [-0.2, 0) is 11.3 Å². The van der Waals surface area contributed by atoms with Crippen molar-refractivity contribution in [3.8, 4) is 0 Å². The first-order chi connectivity index (χ1) is 14.1. The predicted molar refractivity (Wildman–Crippen MR) is 114 cm³/mol. The summed E-state index contributed by atoms with van der Waals surface area (Å²) in [6, 6.07) is 20.1. The maximum Gasteiger partial charge on any atom is 0.273 e. The minimum absolute atomic E-state index is 0.0723. The first-order valence-electron chi connectivity index (χ1n) is 9.23. The monoisotopic (exact) mass is 405 g/mol. The summed E-state index contributed by atoms with van der Waals surface area (Å²) in [7, 11) is 0. The lowest BCUT2D eigenvalue weighted by molar-refractivity contribution is -0.121. The molecule has 2 aromatic heterocycles. The molecule has 1 atom stereocenters. The van der Waals surface area contributed by atoms with Gasteiger partial charge in [0.25, 0.3) is 11.1 Å². The van der Waals surface area contributed by atoms with Gasteiger partial charge in [-0.2, -0.15) is 0 Å². The molecule has 29 heavy (non-hydrogen) atoms. The van der Waals surface area contributed by atoms with Crippen molar-refractivity contribution in [3.63, 3.8) is 0 Å². The SMILES string of the molecule is O=C(CCn1[nH]c(=O)c2ccccc2c1=O)NC(c1ccccc1)c1cccs1. The number of amides is 1. The number of carbonyl (C=O) groups is 1. The number of aromatic amines is 1. The van der Waals surface area contributed by atoms with Gasteiger partial charge in [0.05, 0.1) is 23.4 Å². The van der Waals surface area contributed by atoms with Crippen molar-refractivity contribution >= 4 is 28.0 Å². The Balaban J connectivity index is 1.52. The van der Waals surface area contributed by atoms with Gasteiger partial charge < -0.3 is 5.32 Å². The number of carbonyl (C=O) groups excluding carboxylic acids is 1. The molecule has 0 saturated heterocycles. The molecule has 2 heterocycles. The van der Waals surface area contributed by atoms with Crippen molar-refractivity contribution in [3.05, 3.63) is 103 Å². The molecular formula is C22H19N3O3S. The van der Waals surface area contributed by atoms with Crippen molar-refractivity contribution < 1.29 is 4.79 Å². The smallest absolute Gasteiger partial charge is 0.273 e. The van der Waals surface area contributed by atoms with Crippen LogP contribution in [0.2, 0.25) is 0 Å². The Hall–Kier alpha value is -3.45. The first kappa shape index (κ1) is 18.9. The largest absolute Gasteiger partial charge is 0.344 e. The van der Waals surface area contributed by atoms with Crippen LogP contribution in [0.1, 0.15) is 22.9 Å². The van der Waals surface area contributed by atoms with Crippen molar-refractivity contribution in [2.45, 2.75) is 19.0 Å². The van der Waals surface area contributed by atoms with Gasteiger partial charge in [-0.3, -0.25) is 19.5 Å². The third-order valence-electron chi connectivity index (χ3n) is 4.71. The number of hydrogen-bond acceptors (Lipinski definition) is 4. The van der Waals surface area contributed by atoms with Crippen LogP contribution in [0, 0.1) is 0 Å². The van der Waals surface area contributed by atoms with Gasteiger partial charge in [-0.05, 0) is 29.1 Å². The van der Waals surface area contributed by atoms with Crippen LogP contribution in [-0.4, -0.2) is 15.7 Å². The molecule has 146 valence electrons. The molecule has 0 bridgehead atoms. The van der Waals surface area contributed by atoms with Gasteiger partial charge in [0.1, 0.15) is 0 Å². The highest BCUT2D eigenvalue weighted by atomic mass is 32.1. The molecule has 0 fully saturated rings. The highest BCUT2D eigenvalue weighted by Crippen LogP contribution is 2.25. The Morgan fingerprint density at radius 1 is 0.966 bits per heavy atom. The number of benzene rings is 2. The van der Waals surface area contributed by atoms with Gasteiger partial charge >= 0.3 is 0 Å². The summed E-state index contributed by atoms with van der Waals surface area (Å²) >= 11 is 1.57. The topological polar surface area (TPSA) is 84.0 Å². The van der Waals surface area contributed by atoms with Gasteiger partial charge in [0, 0.05) is 11.3 Å². The molecule has 0 spiro atoms. The van der Waals surface area contributed by atoms with Crippen LogP contribution in [0.4, 0.5) is 0 Å². The Bertz CT molecular complexity index is 1240. The molecule has 0 aliphatic rings. The molecule has 4 aromatic rings. The summed E-state index contributed by atoms with van der Waals surface area (Å²) in [6.07, 6.45) is 0.0723. The summed E-state index contributed by atoms with van der Waals surface area (Å²) in [6.45, 7) is 0.0939. The Morgan fingerprint density at radius 3 is 2.41 bits per heavy atom. The van der Waals surface area contributed by atoms with E-state index in [1.807, 2.05) is 47.8 Å². The van der Waals surface area contributed by atoms with E-state index >= 15 is 0 Å². The zero-order valence-electron chi connectivity index (χ0n) is 15.5. The average Bonchev–Trinajstić information content (AvgIpc) is 3.29. The second-order valence-corrected chi connectivity index (χ2v) is 7.60. The zero-order chi connectivity index (χ0) is 20.2. The summed E-state index contributed by atoms with van der Waals surface area (Å²) in [5, 5.41) is 8.26. The van der Waals surface area contributed by atoms with Crippen molar-refractivity contribution in [1.82, 2.24) is 15.1 Å². The van der Waals surface area contributed by atoms with E-state index in [1.165, 1.54) is 4.68 Å². The van der Waals surface area contributed by atoms with E-state index in [-0.39, 0.29) is 36.0 Å². The minimum atomic E-state index is -0.346. The molecule has 1 unspecified atom stereocenters. The fourth-order valence-electron chi connectivity index (χ4n) is 3.27. The van der Waals surface area contributed by atoms with E-state index in [0.717, 1.165) is 10.4 Å². The zero-order valence-corrected chi connectivity index (χ0v) is 16.3. The van der Waals surface area contributed by atoms with Gasteiger partial charge in [0.2, 0.25) is 5.91 Å². The van der Waals surface area contributed by atoms with Gasteiger partial charge in [-0.15, -0.1) is 11.3 Å². The number of H-pyrrole nitrogens is 1. The molecule has 0 aliphatic carbocycles. The van der Waals surface area contributed by atoms with Crippen LogP contribution in [0.25, 0.3) is 10.8 Å². The van der Waals surface area contributed by atoms with Gasteiger partial charge in [-0.1, -0.05) is 48.5 Å². The molecule has 4 rings (SSSR count). The van der Waals surface area contributed by atoms with E-state index in [0.29, 0.717) is 10.8 Å². The van der Waals surface area contributed by atoms with Crippen LogP contribution < -0.4 is 16.4 Å². The number of hydrogen-bond donors (Lipinski definition) is 2. The third-order valence-corrected chi connectivity index (χ3v) is 5.65. The molecular weight excluding hydrogens is 386 g/mol. The van der Waals surface area contributed by atoms with E-state index < -0.39 is 0 Å². The Morgan fingerprint density at radius 2 is 1.69 bits per heavy atom. The number of nitrogens with zero attached hydrogens (tertiary/aromatic N) is 1. The van der Waals surface area contributed by atoms with Crippen molar-refractivity contribution in [1.29, 1.82) is 0 Å². The number of nitrogens with one attached hydrogen (secondary N) is 2. The number of aromatic nitrogens is 2. The van der Waals surface area contributed by atoms with Gasteiger partial charge in [0.15, 0.2) is 0 Å². The maximum absolute atomic E-state index is 12.6.